The van der Waals surface area contributed by atoms with Crippen LogP contribution in [-0.4, -0.2) is 28.5 Å². The Bertz CT molecular complexity index is 697. The summed E-state index contributed by atoms with van der Waals surface area (Å²) in [6.45, 7) is 5.26. The number of carbonyl (C=O) groups excluding carboxylic acids is 1. The number of benzene rings is 1. The molecule has 1 aromatic carbocycles. The van der Waals surface area contributed by atoms with Crippen molar-refractivity contribution < 1.29 is 14.7 Å². The molecule has 2 aromatic rings. The lowest BCUT2D eigenvalue weighted by molar-refractivity contribution is -0.142. The van der Waals surface area contributed by atoms with Crippen LogP contribution < -0.4 is 5.32 Å². The Balaban J connectivity index is 2.18. The van der Waals surface area contributed by atoms with Crippen LogP contribution in [0.1, 0.15) is 32.9 Å². The highest BCUT2D eigenvalue weighted by atomic mass is 32.1. The third kappa shape index (κ3) is 3.17. The Morgan fingerprint density at radius 1 is 1.27 bits per heavy atom. The van der Waals surface area contributed by atoms with E-state index in [0.29, 0.717) is 11.3 Å². The summed E-state index contributed by atoms with van der Waals surface area (Å²) in [6, 6.07) is 8.89. The van der Waals surface area contributed by atoms with Gasteiger partial charge in [-0.1, -0.05) is 30.3 Å². The fraction of sp³-hybridized carbons (Fsp3) is 0.312. The third-order valence-electron chi connectivity index (χ3n) is 3.60. The maximum Gasteiger partial charge on any atom is 0.315 e. The smallest absolute Gasteiger partial charge is 0.315 e. The summed E-state index contributed by atoms with van der Waals surface area (Å²) in [4.78, 5) is 28.9. The molecular formula is C16H18N2O3S. The molecule has 5 nitrogen and oxygen atoms in total. The molecule has 0 spiro atoms. The monoisotopic (exact) mass is 318 g/mol. The van der Waals surface area contributed by atoms with Crippen molar-refractivity contribution in [1.82, 2.24) is 10.3 Å². The van der Waals surface area contributed by atoms with Crippen molar-refractivity contribution in [3.8, 4) is 0 Å². The van der Waals surface area contributed by atoms with Gasteiger partial charge in [0.1, 0.15) is 11.1 Å². The minimum absolute atomic E-state index is 0.00118. The first-order chi connectivity index (χ1) is 10.3. The molecule has 1 heterocycles. The van der Waals surface area contributed by atoms with E-state index < -0.39 is 11.4 Å². The van der Waals surface area contributed by atoms with Crippen LogP contribution in [-0.2, 0) is 10.2 Å². The van der Waals surface area contributed by atoms with Crippen LogP contribution >= 0.6 is 11.3 Å². The molecule has 6 heteroatoms. The lowest BCUT2D eigenvalue weighted by Crippen LogP contribution is -2.44. The lowest BCUT2D eigenvalue weighted by atomic mass is 9.82. The minimum atomic E-state index is -1.18. The number of nitrogens with zero attached hydrogens (tertiary/aromatic N) is 1. The molecule has 0 aliphatic carbocycles. The number of hydrogen-bond acceptors (Lipinski definition) is 4. The van der Waals surface area contributed by atoms with Crippen LogP contribution in [0.15, 0.2) is 30.3 Å². The summed E-state index contributed by atoms with van der Waals surface area (Å²) >= 11 is 1.45. The van der Waals surface area contributed by atoms with E-state index in [-0.39, 0.29) is 12.5 Å². The topological polar surface area (TPSA) is 79.3 Å². The fourth-order valence-corrected chi connectivity index (χ4v) is 3.00. The zero-order chi connectivity index (χ0) is 16.3. The van der Waals surface area contributed by atoms with Gasteiger partial charge in [-0.15, -0.1) is 11.3 Å². The molecule has 2 N–H and O–H groups in total. The van der Waals surface area contributed by atoms with Gasteiger partial charge >= 0.3 is 5.97 Å². The largest absolute Gasteiger partial charge is 0.481 e. The van der Waals surface area contributed by atoms with E-state index in [1.807, 2.05) is 19.9 Å². The number of carboxylic acid groups (broad SMARTS) is 1. The molecule has 0 aliphatic rings. The number of carboxylic acids is 1. The van der Waals surface area contributed by atoms with Crippen LogP contribution in [0, 0.1) is 13.8 Å². The van der Waals surface area contributed by atoms with Gasteiger partial charge in [0.2, 0.25) is 0 Å². The van der Waals surface area contributed by atoms with Gasteiger partial charge in [0.15, 0.2) is 0 Å². The molecule has 0 fully saturated rings. The molecule has 0 bridgehead atoms. The second-order valence-electron chi connectivity index (χ2n) is 5.32. The molecule has 0 aliphatic heterocycles. The predicted molar refractivity (Wildman–Crippen MR) is 85.4 cm³/mol. The molecule has 1 amide bonds. The van der Waals surface area contributed by atoms with Gasteiger partial charge in [-0.25, -0.2) is 4.98 Å². The Labute approximate surface area is 133 Å². The second kappa shape index (κ2) is 6.27. The van der Waals surface area contributed by atoms with Crippen LogP contribution in [0.25, 0.3) is 0 Å². The number of rotatable bonds is 5. The Hall–Kier alpha value is -2.21. The van der Waals surface area contributed by atoms with Crippen LogP contribution in [0.3, 0.4) is 0 Å². The van der Waals surface area contributed by atoms with Crippen LogP contribution in [0.5, 0.6) is 0 Å². The summed E-state index contributed by atoms with van der Waals surface area (Å²) < 4.78 is 0. The molecule has 0 saturated carbocycles. The zero-order valence-electron chi connectivity index (χ0n) is 12.7. The summed E-state index contributed by atoms with van der Waals surface area (Å²) in [5.41, 5.74) is -0.173. The maximum atomic E-state index is 12.2. The number of aromatic nitrogens is 1. The number of amides is 1. The summed E-state index contributed by atoms with van der Waals surface area (Å²) in [5.74, 6) is -1.32. The van der Waals surface area contributed by atoms with E-state index in [1.54, 1.807) is 31.2 Å². The van der Waals surface area contributed by atoms with Gasteiger partial charge in [0.05, 0.1) is 5.01 Å². The number of thiazole rings is 1. The average Bonchev–Trinajstić information content (AvgIpc) is 2.84. The van der Waals surface area contributed by atoms with Gasteiger partial charge < -0.3 is 10.4 Å². The van der Waals surface area contributed by atoms with Gasteiger partial charge in [-0.05, 0) is 26.3 Å². The molecule has 0 radical (unpaired) electrons. The summed E-state index contributed by atoms with van der Waals surface area (Å²) in [6.07, 6.45) is 0. The maximum absolute atomic E-state index is 12.2. The molecule has 0 saturated heterocycles. The highest BCUT2D eigenvalue weighted by Crippen LogP contribution is 2.24. The van der Waals surface area contributed by atoms with Crippen LogP contribution in [0.4, 0.5) is 0 Å². The van der Waals surface area contributed by atoms with Crippen molar-refractivity contribution in [3.05, 3.63) is 51.5 Å². The van der Waals surface area contributed by atoms with E-state index >= 15 is 0 Å². The Morgan fingerprint density at radius 3 is 2.41 bits per heavy atom. The molecular weight excluding hydrogens is 300 g/mol. The number of aryl methyl sites for hydroxylation is 2. The Morgan fingerprint density at radius 2 is 1.91 bits per heavy atom. The van der Waals surface area contributed by atoms with Gasteiger partial charge in [0, 0.05) is 11.4 Å². The van der Waals surface area contributed by atoms with Gasteiger partial charge in [0.25, 0.3) is 5.91 Å². The Kier molecular flexibility index (Phi) is 4.61. The van der Waals surface area contributed by atoms with E-state index in [2.05, 4.69) is 10.3 Å². The average molecular weight is 318 g/mol. The SMILES string of the molecule is Cc1nc(C(=O)NCC(C)(C(=O)O)c2ccccc2)c(C)s1. The molecule has 1 atom stereocenters. The fourth-order valence-electron chi connectivity index (χ4n) is 2.19. The summed E-state index contributed by atoms with van der Waals surface area (Å²) in [5, 5.41) is 13.1. The first kappa shape index (κ1) is 16.2. The highest BCUT2D eigenvalue weighted by Gasteiger charge is 2.35. The zero-order valence-corrected chi connectivity index (χ0v) is 13.5. The van der Waals surface area contributed by atoms with Crippen molar-refractivity contribution in [3.63, 3.8) is 0 Å². The normalized spacial score (nSPS) is 13.4. The summed E-state index contributed by atoms with van der Waals surface area (Å²) in [7, 11) is 0. The number of aliphatic carboxylic acids is 1. The van der Waals surface area contributed by atoms with Crippen molar-refractivity contribution >= 4 is 23.2 Å². The highest BCUT2D eigenvalue weighted by molar-refractivity contribution is 7.11. The molecule has 1 aromatic heterocycles. The van der Waals surface area contributed by atoms with Crippen molar-refractivity contribution in [2.24, 2.45) is 0 Å². The van der Waals surface area contributed by atoms with E-state index in [0.717, 1.165) is 9.88 Å². The van der Waals surface area contributed by atoms with Gasteiger partial charge in [-0.2, -0.15) is 0 Å². The predicted octanol–water partition coefficient (Wildman–Crippen LogP) is 2.53. The quantitative estimate of drug-likeness (QED) is 0.888. The minimum Gasteiger partial charge on any atom is -0.481 e. The number of nitrogens with one attached hydrogen (secondary N) is 1. The number of hydrogen-bond donors (Lipinski definition) is 2. The second-order valence-corrected chi connectivity index (χ2v) is 6.73. The first-order valence-electron chi connectivity index (χ1n) is 6.86. The molecule has 116 valence electrons. The van der Waals surface area contributed by atoms with Crippen molar-refractivity contribution in [2.75, 3.05) is 6.54 Å². The van der Waals surface area contributed by atoms with Gasteiger partial charge in [-0.3, -0.25) is 9.59 Å². The molecule has 22 heavy (non-hydrogen) atoms. The third-order valence-corrected chi connectivity index (χ3v) is 4.49. The standard InChI is InChI=1S/C16H18N2O3S/c1-10-13(18-11(2)22-10)14(19)17-9-16(3,15(20)21)12-7-5-4-6-8-12/h4-8H,9H2,1-3H3,(H,17,19)(H,20,21). The van der Waals surface area contributed by atoms with Crippen molar-refractivity contribution in [1.29, 1.82) is 0 Å². The lowest BCUT2D eigenvalue weighted by Gasteiger charge is -2.25. The number of carbonyl (C=O) groups is 2. The van der Waals surface area contributed by atoms with E-state index in [4.69, 9.17) is 0 Å². The van der Waals surface area contributed by atoms with E-state index in [1.165, 1.54) is 11.3 Å². The van der Waals surface area contributed by atoms with Crippen LogP contribution in [0.2, 0.25) is 0 Å². The molecule has 1 unspecified atom stereocenters. The first-order valence-corrected chi connectivity index (χ1v) is 7.67. The van der Waals surface area contributed by atoms with E-state index in [9.17, 15) is 14.7 Å². The van der Waals surface area contributed by atoms with Crippen molar-refractivity contribution in [2.45, 2.75) is 26.2 Å². The molecule has 2 rings (SSSR count).